The number of hydrogen-bond acceptors (Lipinski definition) is 3. The molecule has 3 aliphatic rings. The molecule has 2 fully saturated rings. The fraction of sp³-hybridized carbons (Fsp3) is 0.739. The summed E-state index contributed by atoms with van der Waals surface area (Å²) in [4.78, 5) is 2.66. The van der Waals surface area contributed by atoms with Crippen molar-refractivity contribution in [2.75, 3.05) is 25.6 Å². The Hall–Kier alpha value is -1.22. The minimum Gasteiger partial charge on any atom is -0.471 e. The van der Waals surface area contributed by atoms with Gasteiger partial charge in [-0.3, -0.25) is 0 Å². The Labute approximate surface area is 159 Å². The molecule has 1 aliphatic heterocycles. The van der Waals surface area contributed by atoms with Gasteiger partial charge < -0.3 is 15.0 Å². The van der Waals surface area contributed by atoms with E-state index in [2.05, 4.69) is 35.5 Å². The highest BCUT2D eigenvalue weighted by Crippen LogP contribution is 2.39. The summed E-state index contributed by atoms with van der Waals surface area (Å²) in [5.74, 6) is 2.80. The Balaban J connectivity index is 1.20. The van der Waals surface area contributed by atoms with Crippen molar-refractivity contribution >= 4 is 5.69 Å². The van der Waals surface area contributed by atoms with Crippen molar-refractivity contribution in [2.45, 2.75) is 82.6 Å². The minimum absolute atomic E-state index is 0.622. The van der Waals surface area contributed by atoms with E-state index in [9.17, 15) is 0 Å². The number of nitrogens with one attached hydrogen (secondary N) is 1. The average molecular weight is 357 g/mol. The van der Waals surface area contributed by atoms with Crippen molar-refractivity contribution < 1.29 is 4.74 Å². The number of hydrogen-bond donors (Lipinski definition) is 1. The van der Waals surface area contributed by atoms with Crippen LogP contribution in [0.5, 0.6) is 5.75 Å². The first-order chi connectivity index (χ1) is 12.8. The highest BCUT2D eigenvalue weighted by Gasteiger charge is 2.26. The van der Waals surface area contributed by atoms with Crippen LogP contribution in [-0.4, -0.2) is 31.3 Å². The van der Waals surface area contributed by atoms with Crippen molar-refractivity contribution in [1.29, 1.82) is 0 Å². The van der Waals surface area contributed by atoms with Crippen LogP contribution >= 0.6 is 0 Å². The number of benzene rings is 1. The molecule has 2 saturated carbocycles. The van der Waals surface area contributed by atoms with Gasteiger partial charge in [0.15, 0.2) is 6.73 Å². The maximum atomic E-state index is 5.66. The second-order valence-corrected chi connectivity index (χ2v) is 8.85. The summed E-state index contributed by atoms with van der Waals surface area (Å²) in [7, 11) is 2.36. The molecule has 1 N–H and O–H groups in total. The summed E-state index contributed by atoms with van der Waals surface area (Å²) in [6, 6.07) is 7.57. The van der Waals surface area contributed by atoms with Crippen LogP contribution in [0.25, 0.3) is 0 Å². The number of ether oxygens (including phenoxy) is 1. The van der Waals surface area contributed by atoms with E-state index in [1.165, 1.54) is 82.7 Å². The Bertz CT molecular complexity index is 574. The normalized spacial score (nSPS) is 26.4. The number of nitrogens with zero attached hydrogens (tertiary/aromatic N) is 1. The standard InChI is InChI=1S/C23H36N2O/c1-25(15-5-8-18-6-3-2-4-7-18)21-12-9-19(10-13-21)20-11-14-22-23(16-20)26-17-24-22/h11,14,16,18-19,21,24H,2-10,12-13,15,17H2,1H3. The van der Waals surface area contributed by atoms with Crippen LogP contribution in [0.2, 0.25) is 0 Å². The number of fused-ring (bicyclic) bond motifs is 1. The molecule has 1 aromatic rings. The first kappa shape index (κ1) is 18.2. The molecule has 0 bridgehead atoms. The van der Waals surface area contributed by atoms with Gasteiger partial charge in [0, 0.05) is 6.04 Å². The van der Waals surface area contributed by atoms with Crippen molar-refractivity contribution in [3.63, 3.8) is 0 Å². The van der Waals surface area contributed by atoms with Gasteiger partial charge in [0.25, 0.3) is 0 Å². The zero-order chi connectivity index (χ0) is 17.8. The van der Waals surface area contributed by atoms with Gasteiger partial charge in [-0.15, -0.1) is 0 Å². The van der Waals surface area contributed by atoms with Gasteiger partial charge in [0.2, 0.25) is 0 Å². The summed E-state index contributed by atoms with van der Waals surface area (Å²) in [5.41, 5.74) is 2.63. The molecule has 0 saturated heterocycles. The molecule has 2 aliphatic carbocycles. The Kier molecular flexibility index (Phi) is 6.04. The van der Waals surface area contributed by atoms with E-state index in [-0.39, 0.29) is 0 Å². The van der Waals surface area contributed by atoms with E-state index in [4.69, 9.17) is 4.74 Å². The van der Waals surface area contributed by atoms with E-state index in [1.807, 2.05) is 0 Å². The van der Waals surface area contributed by atoms with Crippen LogP contribution in [0.4, 0.5) is 5.69 Å². The quantitative estimate of drug-likeness (QED) is 0.700. The van der Waals surface area contributed by atoms with Crippen LogP contribution in [0.1, 0.15) is 82.1 Å². The largest absolute Gasteiger partial charge is 0.471 e. The third-order valence-corrected chi connectivity index (χ3v) is 7.14. The predicted molar refractivity (Wildman–Crippen MR) is 109 cm³/mol. The number of rotatable bonds is 6. The molecule has 0 radical (unpaired) electrons. The van der Waals surface area contributed by atoms with E-state index in [0.29, 0.717) is 6.73 Å². The maximum absolute atomic E-state index is 5.66. The zero-order valence-electron chi connectivity index (χ0n) is 16.5. The van der Waals surface area contributed by atoms with Gasteiger partial charge in [-0.05, 0) is 81.6 Å². The molecule has 3 heteroatoms. The summed E-state index contributed by atoms with van der Waals surface area (Å²) < 4.78 is 5.66. The molecule has 0 spiro atoms. The monoisotopic (exact) mass is 356 g/mol. The highest BCUT2D eigenvalue weighted by molar-refractivity contribution is 5.60. The molecule has 1 heterocycles. The molecule has 0 aromatic heterocycles. The van der Waals surface area contributed by atoms with Crippen LogP contribution in [0.3, 0.4) is 0 Å². The lowest BCUT2D eigenvalue weighted by atomic mass is 9.81. The number of anilines is 1. The summed E-state index contributed by atoms with van der Waals surface area (Å²) in [6.07, 6.45) is 15.6. The predicted octanol–water partition coefficient (Wildman–Crippen LogP) is 5.77. The van der Waals surface area contributed by atoms with Crippen molar-refractivity contribution in [3.8, 4) is 5.75 Å². The van der Waals surface area contributed by atoms with Gasteiger partial charge in [-0.2, -0.15) is 0 Å². The molecule has 26 heavy (non-hydrogen) atoms. The van der Waals surface area contributed by atoms with Crippen molar-refractivity contribution in [2.24, 2.45) is 5.92 Å². The zero-order valence-corrected chi connectivity index (χ0v) is 16.5. The average Bonchev–Trinajstić information content (AvgIpc) is 3.17. The van der Waals surface area contributed by atoms with E-state index in [0.717, 1.165) is 29.3 Å². The van der Waals surface area contributed by atoms with Gasteiger partial charge in [0.1, 0.15) is 5.75 Å². The molecule has 0 unspecified atom stereocenters. The Morgan fingerprint density at radius 1 is 1.04 bits per heavy atom. The summed E-state index contributed by atoms with van der Waals surface area (Å²) in [5, 5.41) is 3.27. The SMILES string of the molecule is CN(CCCC1CCCCC1)C1CCC(c2ccc3c(c2)OCN3)CC1. The van der Waals surface area contributed by atoms with Crippen LogP contribution < -0.4 is 10.1 Å². The molecule has 3 nitrogen and oxygen atoms in total. The summed E-state index contributed by atoms with van der Waals surface area (Å²) >= 11 is 0. The third-order valence-electron chi connectivity index (χ3n) is 7.14. The Morgan fingerprint density at radius 2 is 1.85 bits per heavy atom. The highest BCUT2D eigenvalue weighted by atomic mass is 16.5. The fourth-order valence-corrected chi connectivity index (χ4v) is 5.39. The van der Waals surface area contributed by atoms with Crippen LogP contribution in [0.15, 0.2) is 18.2 Å². The molecule has 4 rings (SSSR count). The fourth-order valence-electron chi connectivity index (χ4n) is 5.39. The third kappa shape index (κ3) is 4.36. The van der Waals surface area contributed by atoms with E-state index >= 15 is 0 Å². The van der Waals surface area contributed by atoms with E-state index in [1.54, 1.807) is 0 Å². The lowest BCUT2D eigenvalue weighted by molar-refractivity contribution is 0.174. The molecule has 0 amide bonds. The van der Waals surface area contributed by atoms with Crippen LogP contribution in [-0.2, 0) is 0 Å². The van der Waals surface area contributed by atoms with Gasteiger partial charge >= 0.3 is 0 Å². The van der Waals surface area contributed by atoms with Gasteiger partial charge in [0.05, 0.1) is 5.69 Å². The smallest absolute Gasteiger partial charge is 0.159 e. The topological polar surface area (TPSA) is 24.5 Å². The second-order valence-electron chi connectivity index (χ2n) is 8.85. The molecule has 0 atom stereocenters. The first-order valence-corrected chi connectivity index (χ1v) is 11.0. The second kappa shape index (κ2) is 8.65. The Morgan fingerprint density at radius 3 is 2.65 bits per heavy atom. The molecular weight excluding hydrogens is 320 g/mol. The van der Waals surface area contributed by atoms with Crippen molar-refractivity contribution in [3.05, 3.63) is 23.8 Å². The van der Waals surface area contributed by atoms with Gasteiger partial charge in [-0.1, -0.05) is 38.2 Å². The van der Waals surface area contributed by atoms with Crippen LogP contribution in [0, 0.1) is 5.92 Å². The maximum Gasteiger partial charge on any atom is 0.159 e. The van der Waals surface area contributed by atoms with E-state index < -0.39 is 0 Å². The lowest BCUT2D eigenvalue weighted by Crippen LogP contribution is -2.35. The van der Waals surface area contributed by atoms with Gasteiger partial charge in [-0.25, -0.2) is 0 Å². The van der Waals surface area contributed by atoms with Crippen molar-refractivity contribution in [1.82, 2.24) is 4.90 Å². The molecule has 144 valence electrons. The molecule has 1 aromatic carbocycles. The minimum atomic E-state index is 0.622. The first-order valence-electron chi connectivity index (χ1n) is 11.0. The summed E-state index contributed by atoms with van der Waals surface area (Å²) in [6.45, 7) is 1.92. The lowest BCUT2D eigenvalue weighted by Gasteiger charge is -2.35. The molecular formula is C23H36N2O.